The van der Waals surface area contributed by atoms with E-state index in [2.05, 4.69) is 10.6 Å². The van der Waals surface area contributed by atoms with Crippen LogP contribution in [0, 0.1) is 5.82 Å². The van der Waals surface area contributed by atoms with Gasteiger partial charge >= 0.3 is 6.03 Å². The number of carbonyl (C=O) groups excluding carboxylic acids is 3. The van der Waals surface area contributed by atoms with Crippen molar-refractivity contribution in [1.29, 1.82) is 0 Å². The van der Waals surface area contributed by atoms with E-state index in [0.717, 1.165) is 10.7 Å². The number of hydrogen-bond donors (Lipinski definition) is 2. The van der Waals surface area contributed by atoms with Crippen LogP contribution in [0.15, 0.2) is 24.3 Å². The highest BCUT2D eigenvalue weighted by atomic mass is 32.2. The number of rotatable bonds is 6. The molecular weight excluding hydrogens is 309 g/mol. The van der Waals surface area contributed by atoms with Crippen LogP contribution in [0.5, 0.6) is 0 Å². The molecular formula is C14H16FN3O3S. The van der Waals surface area contributed by atoms with E-state index >= 15 is 0 Å². The van der Waals surface area contributed by atoms with Gasteiger partial charge in [0.2, 0.25) is 5.91 Å². The van der Waals surface area contributed by atoms with E-state index in [0.29, 0.717) is 12.1 Å². The Labute approximate surface area is 131 Å². The fourth-order valence-corrected chi connectivity index (χ4v) is 2.51. The van der Waals surface area contributed by atoms with Crippen LogP contribution in [-0.2, 0) is 9.59 Å². The van der Waals surface area contributed by atoms with E-state index in [1.807, 2.05) is 6.26 Å². The average Bonchev–Trinajstić information content (AvgIpc) is 2.75. The number of carbonyl (C=O) groups is 3. The Morgan fingerprint density at radius 3 is 2.68 bits per heavy atom. The summed E-state index contributed by atoms with van der Waals surface area (Å²) in [4.78, 5) is 36.6. The van der Waals surface area contributed by atoms with Crippen molar-refractivity contribution in [3.05, 3.63) is 30.1 Å². The summed E-state index contributed by atoms with van der Waals surface area (Å²) in [5.41, 5.74) is 0.400. The zero-order chi connectivity index (χ0) is 16.1. The summed E-state index contributed by atoms with van der Waals surface area (Å²) in [6.45, 7) is -0.363. The van der Waals surface area contributed by atoms with Crippen molar-refractivity contribution in [3.8, 4) is 0 Å². The number of nitrogens with zero attached hydrogens (tertiary/aromatic N) is 1. The van der Waals surface area contributed by atoms with Crippen LogP contribution < -0.4 is 10.6 Å². The Kier molecular flexibility index (Phi) is 5.37. The van der Waals surface area contributed by atoms with Gasteiger partial charge in [-0.3, -0.25) is 14.5 Å². The molecule has 2 N–H and O–H groups in total. The highest BCUT2D eigenvalue weighted by Gasteiger charge is 2.38. The molecule has 8 heteroatoms. The summed E-state index contributed by atoms with van der Waals surface area (Å²) in [7, 11) is 0. The number of halogens is 1. The number of amides is 4. The summed E-state index contributed by atoms with van der Waals surface area (Å²) in [6, 6.07) is 4.09. The van der Waals surface area contributed by atoms with E-state index < -0.39 is 29.7 Å². The molecule has 1 aromatic rings. The Hall–Kier alpha value is -2.09. The van der Waals surface area contributed by atoms with Crippen LogP contribution in [0.3, 0.4) is 0 Å². The minimum absolute atomic E-state index is 0.363. The molecule has 1 unspecified atom stereocenters. The van der Waals surface area contributed by atoms with Crippen molar-refractivity contribution in [2.45, 2.75) is 12.5 Å². The highest BCUT2D eigenvalue weighted by molar-refractivity contribution is 7.98. The lowest BCUT2D eigenvalue weighted by Gasteiger charge is -2.13. The minimum atomic E-state index is -0.571. The van der Waals surface area contributed by atoms with Crippen LogP contribution in [0.4, 0.5) is 14.9 Å². The van der Waals surface area contributed by atoms with Gasteiger partial charge in [-0.15, -0.1) is 0 Å². The number of nitrogens with one attached hydrogen (secondary N) is 2. The quantitative estimate of drug-likeness (QED) is 0.776. The van der Waals surface area contributed by atoms with E-state index in [9.17, 15) is 18.8 Å². The molecule has 118 valence electrons. The van der Waals surface area contributed by atoms with Crippen LogP contribution in [0.25, 0.3) is 0 Å². The molecule has 22 heavy (non-hydrogen) atoms. The van der Waals surface area contributed by atoms with Crippen LogP contribution in [0.2, 0.25) is 0 Å². The second-order valence-corrected chi connectivity index (χ2v) is 5.75. The molecule has 0 saturated carbocycles. The first-order valence-electron chi connectivity index (χ1n) is 6.67. The average molecular weight is 325 g/mol. The zero-order valence-electron chi connectivity index (χ0n) is 12.0. The predicted octanol–water partition coefficient (Wildman–Crippen LogP) is 1.44. The molecule has 1 saturated heterocycles. The molecule has 0 aromatic heterocycles. The van der Waals surface area contributed by atoms with E-state index in [-0.39, 0.29) is 6.54 Å². The molecule has 6 nitrogen and oxygen atoms in total. The highest BCUT2D eigenvalue weighted by Crippen LogP contribution is 2.13. The normalized spacial score (nSPS) is 17.5. The number of anilines is 1. The summed E-state index contributed by atoms with van der Waals surface area (Å²) < 4.78 is 12.8. The number of imide groups is 1. The third kappa shape index (κ3) is 3.97. The Morgan fingerprint density at radius 1 is 1.36 bits per heavy atom. The molecule has 2 rings (SSSR count). The second kappa shape index (κ2) is 7.26. The first-order chi connectivity index (χ1) is 10.5. The maximum absolute atomic E-state index is 12.8. The lowest BCUT2D eigenvalue weighted by atomic mass is 10.2. The van der Waals surface area contributed by atoms with Gasteiger partial charge in [-0.2, -0.15) is 11.8 Å². The maximum Gasteiger partial charge on any atom is 0.325 e. The standard InChI is InChI=1S/C14H16FN3O3S/c1-22-7-6-11-13(20)18(14(21)17-11)8-12(19)16-10-4-2-9(15)3-5-10/h2-5,11H,6-8H2,1H3,(H,16,19)(H,17,21). The largest absolute Gasteiger partial charge is 0.326 e. The molecule has 4 amide bonds. The molecule has 1 atom stereocenters. The van der Waals surface area contributed by atoms with Gasteiger partial charge in [-0.05, 0) is 42.7 Å². The predicted molar refractivity (Wildman–Crippen MR) is 82.1 cm³/mol. The van der Waals surface area contributed by atoms with Crippen molar-refractivity contribution in [1.82, 2.24) is 10.2 Å². The smallest absolute Gasteiger partial charge is 0.325 e. The van der Waals surface area contributed by atoms with Gasteiger partial charge in [0.1, 0.15) is 18.4 Å². The molecule has 0 spiro atoms. The molecule has 0 aliphatic carbocycles. The molecule has 0 radical (unpaired) electrons. The third-order valence-corrected chi connectivity index (χ3v) is 3.79. The summed E-state index contributed by atoms with van der Waals surface area (Å²) >= 11 is 1.58. The van der Waals surface area contributed by atoms with Gasteiger partial charge in [-0.1, -0.05) is 0 Å². The van der Waals surface area contributed by atoms with Gasteiger partial charge in [0.05, 0.1) is 0 Å². The zero-order valence-corrected chi connectivity index (χ0v) is 12.8. The molecule has 1 aliphatic rings. The summed E-state index contributed by atoms with van der Waals surface area (Å²) in [5, 5.41) is 5.07. The molecule has 1 aromatic carbocycles. The van der Waals surface area contributed by atoms with Crippen LogP contribution >= 0.6 is 11.8 Å². The Balaban J connectivity index is 1.92. The molecule has 0 bridgehead atoms. The van der Waals surface area contributed by atoms with Crippen LogP contribution in [-0.4, -0.2) is 47.3 Å². The fourth-order valence-electron chi connectivity index (χ4n) is 2.04. The van der Waals surface area contributed by atoms with Crippen molar-refractivity contribution in [2.24, 2.45) is 0 Å². The van der Waals surface area contributed by atoms with E-state index in [4.69, 9.17) is 0 Å². The van der Waals surface area contributed by atoms with Crippen molar-refractivity contribution in [2.75, 3.05) is 23.9 Å². The topological polar surface area (TPSA) is 78.5 Å². The third-order valence-electron chi connectivity index (χ3n) is 3.15. The van der Waals surface area contributed by atoms with Gasteiger partial charge in [0.15, 0.2) is 0 Å². The Bertz CT molecular complexity index is 579. The van der Waals surface area contributed by atoms with Gasteiger partial charge in [0, 0.05) is 5.69 Å². The van der Waals surface area contributed by atoms with E-state index in [1.165, 1.54) is 24.3 Å². The first kappa shape index (κ1) is 16.3. The molecule has 1 fully saturated rings. The second-order valence-electron chi connectivity index (χ2n) is 4.76. The number of benzene rings is 1. The van der Waals surface area contributed by atoms with Gasteiger partial charge in [0.25, 0.3) is 5.91 Å². The monoisotopic (exact) mass is 325 g/mol. The van der Waals surface area contributed by atoms with Gasteiger partial charge in [-0.25, -0.2) is 9.18 Å². The molecule has 1 heterocycles. The van der Waals surface area contributed by atoms with Gasteiger partial charge < -0.3 is 10.6 Å². The lowest BCUT2D eigenvalue weighted by molar-refractivity contribution is -0.130. The van der Waals surface area contributed by atoms with E-state index in [1.54, 1.807) is 11.8 Å². The van der Waals surface area contributed by atoms with Crippen molar-refractivity contribution >= 4 is 35.3 Å². The SMILES string of the molecule is CSCCC1NC(=O)N(CC(=O)Nc2ccc(F)cc2)C1=O. The number of hydrogen-bond acceptors (Lipinski definition) is 4. The fraction of sp³-hybridized carbons (Fsp3) is 0.357. The van der Waals surface area contributed by atoms with Crippen molar-refractivity contribution in [3.63, 3.8) is 0 Å². The minimum Gasteiger partial charge on any atom is -0.326 e. The Morgan fingerprint density at radius 2 is 2.05 bits per heavy atom. The lowest BCUT2D eigenvalue weighted by Crippen LogP contribution is -2.38. The number of thioether (sulfide) groups is 1. The summed E-state index contributed by atoms with van der Waals surface area (Å²) in [6.07, 6.45) is 2.44. The van der Waals surface area contributed by atoms with Crippen LogP contribution in [0.1, 0.15) is 6.42 Å². The van der Waals surface area contributed by atoms with Crippen molar-refractivity contribution < 1.29 is 18.8 Å². The summed E-state index contributed by atoms with van der Waals surface area (Å²) in [5.74, 6) is -0.579. The maximum atomic E-state index is 12.8. The number of urea groups is 1. The first-order valence-corrected chi connectivity index (χ1v) is 8.07. The molecule has 1 aliphatic heterocycles.